The van der Waals surface area contributed by atoms with E-state index in [1.165, 1.54) is 32.4 Å². The molecule has 1 aliphatic heterocycles. The molecule has 2 heterocycles. The number of aromatic nitrogens is 3. The Morgan fingerprint density at radius 3 is 2.16 bits per heavy atom. The number of carbonyl (C=O) groups excluding carboxylic acids is 4. The quantitative estimate of drug-likeness (QED) is 0.201. The van der Waals surface area contributed by atoms with Gasteiger partial charge < -0.3 is 29.0 Å². The lowest BCUT2D eigenvalue weighted by Gasteiger charge is -2.45. The van der Waals surface area contributed by atoms with E-state index in [1.54, 1.807) is 4.57 Å². The van der Waals surface area contributed by atoms with Gasteiger partial charge in [-0.25, -0.2) is 4.68 Å². The second-order valence-electron chi connectivity index (χ2n) is 10.1. The number of hydrogen-bond donors (Lipinski definition) is 1. The van der Waals surface area contributed by atoms with E-state index < -0.39 is 54.4 Å². The van der Waals surface area contributed by atoms with Crippen molar-refractivity contribution in [3.63, 3.8) is 0 Å². The van der Waals surface area contributed by atoms with Crippen molar-refractivity contribution in [1.82, 2.24) is 19.7 Å². The average molecular weight is 627 g/mol. The van der Waals surface area contributed by atoms with Gasteiger partial charge in [-0.15, -0.1) is 0 Å². The van der Waals surface area contributed by atoms with E-state index in [4.69, 9.17) is 41.0 Å². The Morgan fingerprint density at radius 2 is 1.55 bits per heavy atom. The van der Waals surface area contributed by atoms with E-state index in [-0.39, 0.29) is 18.0 Å². The number of benzene rings is 2. The minimum atomic E-state index is -1.27. The first kappa shape index (κ1) is 32.4. The Bertz CT molecular complexity index is 1570. The summed E-state index contributed by atoms with van der Waals surface area (Å²) in [5.74, 6) is -1.46. The Kier molecular flexibility index (Phi) is 10.5. The van der Waals surface area contributed by atoms with Crippen LogP contribution >= 0.6 is 12.2 Å². The number of esters is 3. The number of carbonyl (C=O) groups is 4. The summed E-state index contributed by atoms with van der Waals surface area (Å²) >= 11 is 5.91. The van der Waals surface area contributed by atoms with Crippen LogP contribution in [0.3, 0.4) is 0 Å². The predicted molar refractivity (Wildman–Crippen MR) is 157 cm³/mol. The van der Waals surface area contributed by atoms with Crippen molar-refractivity contribution in [2.75, 3.05) is 6.61 Å². The molecule has 1 aliphatic rings. The normalized spacial score (nSPS) is 21.2. The maximum absolute atomic E-state index is 12.5. The molecule has 1 amide bonds. The highest BCUT2D eigenvalue weighted by Gasteiger charge is 2.52. The van der Waals surface area contributed by atoms with Gasteiger partial charge in [-0.05, 0) is 42.9 Å². The van der Waals surface area contributed by atoms with Gasteiger partial charge in [0.1, 0.15) is 31.1 Å². The fourth-order valence-corrected chi connectivity index (χ4v) is 5.25. The van der Waals surface area contributed by atoms with Crippen LogP contribution < -0.4 is 10.1 Å². The third-order valence-electron chi connectivity index (χ3n) is 6.66. The molecule has 44 heavy (non-hydrogen) atoms. The second kappa shape index (κ2) is 14.3. The molecule has 4 rings (SSSR count). The first-order chi connectivity index (χ1) is 21.0. The number of nitrogens with zero attached hydrogens (tertiary/aromatic N) is 3. The molecule has 1 fully saturated rings. The second-order valence-corrected chi connectivity index (χ2v) is 10.5. The molecule has 0 radical (unpaired) electrons. The maximum atomic E-state index is 12.5. The van der Waals surface area contributed by atoms with Gasteiger partial charge in [-0.2, -0.15) is 5.10 Å². The van der Waals surface area contributed by atoms with Gasteiger partial charge in [0, 0.05) is 33.4 Å². The molecule has 3 aromatic rings. The van der Waals surface area contributed by atoms with Gasteiger partial charge in [0.05, 0.1) is 0 Å². The van der Waals surface area contributed by atoms with Crippen LogP contribution in [-0.2, 0) is 44.7 Å². The average Bonchev–Trinajstić information content (AvgIpc) is 3.29. The molecule has 0 saturated carbocycles. The summed E-state index contributed by atoms with van der Waals surface area (Å²) < 4.78 is 32.0. The molecular formula is C30H34N4O9S. The first-order valence-electron chi connectivity index (χ1n) is 13.8. The van der Waals surface area contributed by atoms with Gasteiger partial charge >= 0.3 is 17.9 Å². The first-order valence-corrected chi connectivity index (χ1v) is 14.2. The lowest BCUT2D eigenvalue weighted by molar-refractivity contribution is -0.239. The number of amides is 1. The largest absolute Gasteiger partial charge is 0.485 e. The van der Waals surface area contributed by atoms with Crippen LogP contribution in [-0.4, -0.2) is 69.1 Å². The molecule has 1 saturated heterocycles. The van der Waals surface area contributed by atoms with Crippen LogP contribution in [0, 0.1) is 11.7 Å². The fourth-order valence-electron chi connectivity index (χ4n) is 4.90. The number of rotatable bonds is 10. The molecule has 1 N–H and O–H groups in total. The molecule has 0 bridgehead atoms. The Balaban J connectivity index is 1.85. The number of aryl methyl sites for hydroxylation is 1. The van der Waals surface area contributed by atoms with Gasteiger partial charge in [-0.3, -0.25) is 23.7 Å². The molecule has 2 aromatic carbocycles. The zero-order valence-corrected chi connectivity index (χ0v) is 25.7. The molecule has 234 valence electrons. The van der Waals surface area contributed by atoms with Crippen molar-refractivity contribution in [3.05, 3.63) is 70.8 Å². The zero-order valence-electron chi connectivity index (χ0n) is 24.9. The number of hydrogen-bond acceptors (Lipinski definition) is 11. The summed E-state index contributed by atoms with van der Waals surface area (Å²) in [5, 5.41) is 7.51. The van der Waals surface area contributed by atoms with Crippen molar-refractivity contribution in [2.45, 2.75) is 71.8 Å². The highest BCUT2D eigenvalue weighted by Crippen LogP contribution is 2.33. The SMILES string of the molecule is CC(=O)N[C@@H]1[C@@H](OC(C)=O)[C@H](OC(C)=O)[C@@H](COC(C)=O)O[C@H]1n1nc(COc2ccccc2C)n(-c2ccccc2)c1=S. The fraction of sp³-hybridized carbons (Fsp3) is 0.400. The Labute approximate surface area is 259 Å². The van der Waals surface area contributed by atoms with Crippen LogP contribution in [0.5, 0.6) is 5.75 Å². The minimum Gasteiger partial charge on any atom is -0.485 e. The molecule has 1 aromatic heterocycles. The van der Waals surface area contributed by atoms with Gasteiger partial charge in [0.15, 0.2) is 24.3 Å². The van der Waals surface area contributed by atoms with Crippen molar-refractivity contribution in [1.29, 1.82) is 0 Å². The monoisotopic (exact) mass is 626 g/mol. The number of nitrogens with one attached hydrogen (secondary N) is 1. The number of para-hydroxylation sites is 2. The van der Waals surface area contributed by atoms with Crippen molar-refractivity contribution in [2.24, 2.45) is 0 Å². The van der Waals surface area contributed by atoms with Crippen molar-refractivity contribution in [3.8, 4) is 11.4 Å². The standard InChI is InChI=1S/C30H34N4O9S/c1-17-11-9-10-14-23(17)40-16-25-32-34(30(44)33(25)22-12-7-6-8-13-22)29-26(31-18(2)35)28(42-21(5)38)27(41-20(4)37)24(43-29)15-39-19(3)36/h6-14,24,26-29H,15-16H2,1-5H3,(H,31,35)/t24-,26-,27-,28-,29-/m1/s1. The van der Waals surface area contributed by atoms with Gasteiger partial charge in [-0.1, -0.05) is 36.4 Å². The topological polar surface area (TPSA) is 149 Å². The van der Waals surface area contributed by atoms with Crippen LogP contribution in [0.25, 0.3) is 5.69 Å². The summed E-state index contributed by atoms with van der Waals surface area (Å²) in [5.41, 5.74) is 1.61. The highest BCUT2D eigenvalue weighted by molar-refractivity contribution is 7.71. The van der Waals surface area contributed by atoms with E-state index in [0.29, 0.717) is 17.3 Å². The molecule has 13 nitrogen and oxygen atoms in total. The van der Waals surface area contributed by atoms with E-state index in [1.807, 2.05) is 61.5 Å². The van der Waals surface area contributed by atoms with Gasteiger partial charge in [0.25, 0.3) is 0 Å². The summed E-state index contributed by atoms with van der Waals surface area (Å²) in [6.45, 7) is 6.41. The van der Waals surface area contributed by atoms with E-state index >= 15 is 0 Å². The molecular weight excluding hydrogens is 592 g/mol. The Hall–Kier alpha value is -4.56. The maximum Gasteiger partial charge on any atom is 0.303 e. The van der Waals surface area contributed by atoms with Gasteiger partial charge in [0.2, 0.25) is 10.7 Å². The van der Waals surface area contributed by atoms with Crippen LogP contribution in [0.2, 0.25) is 0 Å². The predicted octanol–water partition coefficient (Wildman–Crippen LogP) is 3.12. The molecule has 5 atom stereocenters. The molecule has 14 heteroatoms. The van der Waals surface area contributed by atoms with Crippen LogP contribution in [0.1, 0.15) is 45.3 Å². The summed E-state index contributed by atoms with van der Waals surface area (Å²) in [7, 11) is 0. The lowest BCUT2D eigenvalue weighted by Crippen LogP contribution is -2.64. The van der Waals surface area contributed by atoms with Crippen LogP contribution in [0.15, 0.2) is 54.6 Å². The molecule has 0 aliphatic carbocycles. The molecule has 0 spiro atoms. The Morgan fingerprint density at radius 1 is 0.909 bits per heavy atom. The van der Waals surface area contributed by atoms with Crippen molar-refractivity contribution < 1.29 is 42.9 Å². The summed E-state index contributed by atoms with van der Waals surface area (Å²) in [4.78, 5) is 48.6. The van der Waals surface area contributed by atoms with Crippen LogP contribution in [0.4, 0.5) is 0 Å². The lowest BCUT2D eigenvalue weighted by atomic mass is 9.95. The molecule has 0 unspecified atom stereocenters. The van der Waals surface area contributed by atoms with E-state index in [9.17, 15) is 19.2 Å². The third kappa shape index (κ3) is 7.68. The number of ether oxygens (including phenoxy) is 5. The summed E-state index contributed by atoms with van der Waals surface area (Å²) in [6.07, 6.45) is -4.85. The summed E-state index contributed by atoms with van der Waals surface area (Å²) in [6, 6.07) is 15.6. The smallest absolute Gasteiger partial charge is 0.303 e. The minimum absolute atomic E-state index is 0.00817. The van der Waals surface area contributed by atoms with Crippen molar-refractivity contribution >= 4 is 36.0 Å². The van der Waals surface area contributed by atoms with E-state index in [0.717, 1.165) is 5.56 Å². The van der Waals surface area contributed by atoms with E-state index in [2.05, 4.69) is 5.32 Å². The third-order valence-corrected chi connectivity index (χ3v) is 7.03. The highest BCUT2D eigenvalue weighted by atomic mass is 32.1. The zero-order chi connectivity index (χ0) is 32.0.